The zero-order valence-corrected chi connectivity index (χ0v) is 11.1. The highest BCUT2D eigenvalue weighted by Gasteiger charge is 2.14. The highest BCUT2D eigenvalue weighted by Crippen LogP contribution is 2.24. The number of carbonyl (C=O) groups excluding carboxylic acids is 1. The standard InChI is InChI=1S/C12H11ClN4O3/c13-10-7-9(1-2-11(10)17(19)20)12(18)15-4-6-16-5-3-14-8-16/h1-3,5,7-8H,4,6H2,(H,15,18). The molecule has 0 saturated carbocycles. The molecule has 2 rings (SSSR count). The van der Waals surface area contributed by atoms with Crippen molar-refractivity contribution in [1.82, 2.24) is 14.9 Å². The van der Waals surface area contributed by atoms with E-state index in [9.17, 15) is 14.9 Å². The Morgan fingerprint density at radius 1 is 1.50 bits per heavy atom. The largest absolute Gasteiger partial charge is 0.350 e. The van der Waals surface area contributed by atoms with Gasteiger partial charge in [0.1, 0.15) is 5.02 Å². The molecule has 0 radical (unpaired) electrons. The molecule has 104 valence electrons. The first kappa shape index (κ1) is 14.0. The lowest BCUT2D eigenvalue weighted by molar-refractivity contribution is -0.384. The molecule has 0 saturated heterocycles. The Balaban J connectivity index is 1.95. The third kappa shape index (κ3) is 3.33. The molecule has 1 heterocycles. The van der Waals surface area contributed by atoms with Crippen LogP contribution in [0.15, 0.2) is 36.9 Å². The summed E-state index contributed by atoms with van der Waals surface area (Å²) in [4.78, 5) is 25.8. The van der Waals surface area contributed by atoms with Crippen LogP contribution in [0.2, 0.25) is 5.02 Å². The molecule has 0 atom stereocenters. The van der Waals surface area contributed by atoms with E-state index in [0.29, 0.717) is 13.1 Å². The summed E-state index contributed by atoms with van der Waals surface area (Å²) in [5.41, 5.74) is 0.0628. The van der Waals surface area contributed by atoms with Gasteiger partial charge in [-0.2, -0.15) is 0 Å². The van der Waals surface area contributed by atoms with Crippen molar-refractivity contribution < 1.29 is 9.72 Å². The first-order valence-corrected chi connectivity index (χ1v) is 6.13. The van der Waals surface area contributed by atoms with Crippen molar-refractivity contribution in [1.29, 1.82) is 0 Å². The van der Waals surface area contributed by atoms with Crippen LogP contribution in [0.1, 0.15) is 10.4 Å². The van der Waals surface area contributed by atoms with Crippen LogP contribution < -0.4 is 5.32 Å². The van der Waals surface area contributed by atoms with Crippen LogP contribution in [0.25, 0.3) is 0 Å². The Bertz CT molecular complexity index is 628. The van der Waals surface area contributed by atoms with Gasteiger partial charge in [-0.15, -0.1) is 0 Å². The third-order valence-electron chi connectivity index (χ3n) is 2.62. The summed E-state index contributed by atoms with van der Waals surface area (Å²) in [6.07, 6.45) is 5.09. The Morgan fingerprint density at radius 3 is 2.90 bits per heavy atom. The van der Waals surface area contributed by atoms with Crippen molar-refractivity contribution in [3.8, 4) is 0 Å². The predicted molar refractivity (Wildman–Crippen MR) is 72.7 cm³/mol. The fraction of sp³-hybridized carbons (Fsp3) is 0.167. The molecular weight excluding hydrogens is 284 g/mol. The second kappa shape index (κ2) is 6.16. The smallest absolute Gasteiger partial charge is 0.287 e. The molecule has 1 aromatic heterocycles. The monoisotopic (exact) mass is 294 g/mol. The molecule has 1 aromatic carbocycles. The number of nitrogens with zero attached hydrogens (tertiary/aromatic N) is 3. The number of nitrogens with one attached hydrogen (secondary N) is 1. The van der Waals surface area contributed by atoms with Gasteiger partial charge in [0.25, 0.3) is 11.6 Å². The summed E-state index contributed by atoms with van der Waals surface area (Å²) in [5.74, 6) is -0.332. The fourth-order valence-electron chi connectivity index (χ4n) is 1.62. The van der Waals surface area contributed by atoms with Gasteiger partial charge in [0, 0.05) is 37.1 Å². The summed E-state index contributed by atoms with van der Waals surface area (Å²) in [5, 5.41) is 13.3. The van der Waals surface area contributed by atoms with Crippen molar-refractivity contribution in [3.63, 3.8) is 0 Å². The maximum absolute atomic E-state index is 11.8. The number of nitro benzene ring substituents is 1. The van der Waals surface area contributed by atoms with Gasteiger partial charge in [-0.3, -0.25) is 14.9 Å². The van der Waals surface area contributed by atoms with Crippen molar-refractivity contribution in [2.24, 2.45) is 0 Å². The van der Waals surface area contributed by atoms with E-state index in [4.69, 9.17) is 11.6 Å². The van der Waals surface area contributed by atoms with Gasteiger partial charge in [0.15, 0.2) is 0 Å². The topological polar surface area (TPSA) is 90.1 Å². The molecule has 20 heavy (non-hydrogen) atoms. The van der Waals surface area contributed by atoms with Gasteiger partial charge < -0.3 is 9.88 Å². The lowest BCUT2D eigenvalue weighted by Gasteiger charge is -2.06. The lowest BCUT2D eigenvalue weighted by Crippen LogP contribution is -2.26. The molecule has 7 nitrogen and oxygen atoms in total. The van der Waals surface area contributed by atoms with E-state index >= 15 is 0 Å². The minimum atomic E-state index is -0.594. The molecule has 1 amide bonds. The molecule has 0 unspecified atom stereocenters. The van der Waals surface area contributed by atoms with Crippen LogP contribution in [0.4, 0.5) is 5.69 Å². The molecule has 0 spiro atoms. The zero-order chi connectivity index (χ0) is 14.5. The van der Waals surface area contributed by atoms with E-state index in [1.54, 1.807) is 18.7 Å². The van der Waals surface area contributed by atoms with Crippen LogP contribution >= 0.6 is 11.6 Å². The minimum absolute atomic E-state index is 0.0581. The van der Waals surface area contributed by atoms with Crippen molar-refractivity contribution in [2.75, 3.05) is 6.54 Å². The Hall–Kier alpha value is -2.41. The number of hydrogen-bond donors (Lipinski definition) is 1. The van der Waals surface area contributed by atoms with Gasteiger partial charge in [-0.25, -0.2) is 4.98 Å². The van der Waals surface area contributed by atoms with E-state index < -0.39 is 4.92 Å². The van der Waals surface area contributed by atoms with Gasteiger partial charge in [0.05, 0.1) is 11.3 Å². The van der Waals surface area contributed by atoms with E-state index in [-0.39, 0.29) is 22.2 Å². The number of hydrogen-bond acceptors (Lipinski definition) is 4. The molecule has 0 aliphatic carbocycles. The lowest BCUT2D eigenvalue weighted by atomic mass is 10.2. The first-order chi connectivity index (χ1) is 9.58. The number of aromatic nitrogens is 2. The summed E-state index contributed by atoms with van der Waals surface area (Å²) < 4.78 is 1.82. The SMILES string of the molecule is O=C(NCCn1ccnc1)c1ccc([N+](=O)[O-])c(Cl)c1. The van der Waals surface area contributed by atoms with Crippen LogP contribution in [0, 0.1) is 10.1 Å². The van der Waals surface area contributed by atoms with Crippen LogP contribution in [0.5, 0.6) is 0 Å². The second-order valence-electron chi connectivity index (χ2n) is 3.98. The number of benzene rings is 1. The van der Waals surface area contributed by atoms with E-state index in [1.165, 1.54) is 18.2 Å². The molecule has 1 N–H and O–H groups in total. The highest BCUT2D eigenvalue weighted by atomic mass is 35.5. The van der Waals surface area contributed by atoms with Crippen LogP contribution in [-0.2, 0) is 6.54 Å². The van der Waals surface area contributed by atoms with Gasteiger partial charge in [-0.1, -0.05) is 11.6 Å². The molecule has 0 aliphatic rings. The predicted octanol–water partition coefficient (Wildman–Crippen LogP) is 1.87. The average Bonchev–Trinajstić information content (AvgIpc) is 2.91. The number of halogens is 1. The Kier molecular flexibility index (Phi) is 4.31. The second-order valence-corrected chi connectivity index (χ2v) is 4.39. The van der Waals surface area contributed by atoms with Gasteiger partial charge in [0.2, 0.25) is 0 Å². The fourth-order valence-corrected chi connectivity index (χ4v) is 1.87. The Labute approximate surface area is 119 Å². The molecule has 8 heteroatoms. The summed E-state index contributed by atoms with van der Waals surface area (Å²) in [7, 11) is 0. The minimum Gasteiger partial charge on any atom is -0.350 e. The summed E-state index contributed by atoms with van der Waals surface area (Å²) in [6.45, 7) is 1.01. The molecular formula is C12H11ClN4O3. The van der Waals surface area contributed by atoms with Gasteiger partial charge in [-0.05, 0) is 12.1 Å². The number of imidazole rings is 1. The molecule has 0 bridgehead atoms. The van der Waals surface area contributed by atoms with Crippen LogP contribution in [-0.4, -0.2) is 26.9 Å². The number of carbonyl (C=O) groups is 1. The average molecular weight is 295 g/mol. The van der Waals surface area contributed by atoms with Crippen molar-refractivity contribution >= 4 is 23.2 Å². The normalized spacial score (nSPS) is 10.2. The summed E-state index contributed by atoms with van der Waals surface area (Å²) in [6, 6.07) is 3.87. The maximum atomic E-state index is 11.8. The van der Waals surface area contributed by atoms with E-state index in [1.807, 2.05) is 4.57 Å². The molecule has 0 aliphatic heterocycles. The highest BCUT2D eigenvalue weighted by molar-refractivity contribution is 6.33. The molecule has 0 fully saturated rings. The van der Waals surface area contributed by atoms with Crippen molar-refractivity contribution in [2.45, 2.75) is 6.54 Å². The summed E-state index contributed by atoms with van der Waals surface area (Å²) >= 11 is 5.75. The van der Waals surface area contributed by atoms with Crippen LogP contribution in [0.3, 0.4) is 0 Å². The van der Waals surface area contributed by atoms with Crippen molar-refractivity contribution in [3.05, 3.63) is 57.6 Å². The van der Waals surface area contributed by atoms with E-state index in [2.05, 4.69) is 10.3 Å². The van der Waals surface area contributed by atoms with Gasteiger partial charge >= 0.3 is 0 Å². The quantitative estimate of drug-likeness (QED) is 0.673. The zero-order valence-electron chi connectivity index (χ0n) is 10.3. The molecule has 2 aromatic rings. The number of rotatable bonds is 5. The number of nitro groups is 1. The Morgan fingerprint density at radius 2 is 2.30 bits per heavy atom. The maximum Gasteiger partial charge on any atom is 0.287 e. The first-order valence-electron chi connectivity index (χ1n) is 5.76. The third-order valence-corrected chi connectivity index (χ3v) is 2.92. The number of amides is 1. The van der Waals surface area contributed by atoms with E-state index in [0.717, 1.165) is 0 Å².